The van der Waals surface area contributed by atoms with Gasteiger partial charge in [0.05, 0.1) is 21.9 Å². The SMILES string of the molecule is CCc1nc2ccc(Cl)cn2c1C(=O)NCc1ccc(N2CC3(CC3)N(c3ccc(OC(F)(F)F)cc3)C[C@H]2C)c(F)c1. The number of fused-ring (bicyclic) bond motifs is 1. The molecule has 12 heteroatoms. The molecule has 0 bridgehead atoms. The Morgan fingerprint density at radius 3 is 2.53 bits per heavy atom. The summed E-state index contributed by atoms with van der Waals surface area (Å²) < 4.78 is 59.0. The van der Waals surface area contributed by atoms with E-state index in [9.17, 15) is 18.0 Å². The van der Waals surface area contributed by atoms with E-state index < -0.39 is 6.36 Å². The normalized spacial score (nSPS) is 17.9. The minimum atomic E-state index is -4.74. The molecule has 7 nitrogen and oxygen atoms in total. The van der Waals surface area contributed by atoms with Gasteiger partial charge in [0.25, 0.3) is 5.91 Å². The smallest absolute Gasteiger partial charge is 0.406 e. The van der Waals surface area contributed by atoms with Gasteiger partial charge in [-0.1, -0.05) is 24.6 Å². The van der Waals surface area contributed by atoms with Crippen LogP contribution in [0, 0.1) is 5.82 Å². The number of benzene rings is 2. The summed E-state index contributed by atoms with van der Waals surface area (Å²) in [6.07, 6.45) is -0.728. The topological polar surface area (TPSA) is 62.1 Å². The first-order chi connectivity index (χ1) is 20.5. The Labute approximate surface area is 251 Å². The van der Waals surface area contributed by atoms with Crippen LogP contribution in [0.4, 0.5) is 28.9 Å². The van der Waals surface area contributed by atoms with Crippen molar-refractivity contribution >= 4 is 34.5 Å². The van der Waals surface area contributed by atoms with Crippen molar-refractivity contribution in [2.24, 2.45) is 0 Å². The molecule has 6 rings (SSSR count). The Kier molecular flexibility index (Phi) is 7.40. The van der Waals surface area contributed by atoms with Crippen molar-refractivity contribution in [2.45, 2.75) is 57.6 Å². The first-order valence-corrected chi connectivity index (χ1v) is 14.5. The number of aromatic nitrogens is 2. The van der Waals surface area contributed by atoms with E-state index in [1.54, 1.807) is 40.9 Å². The summed E-state index contributed by atoms with van der Waals surface area (Å²) in [6, 6.07) is 14.3. The molecule has 1 saturated heterocycles. The maximum atomic E-state index is 15.5. The lowest BCUT2D eigenvalue weighted by atomic mass is 10.0. The number of hydrogen-bond donors (Lipinski definition) is 1. The van der Waals surface area contributed by atoms with Gasteiger partial charge in [0, 0.05) is 37.6 Å². The number of carbonyl (C=O) groups excluding carboxylic acids is 1. The largest absolute Gasteiger partial charge is 0.573 e. The number of piperazine rings is 1. The van der Waals surface area contributed by atoms with Gasteiger partial charge in [-0.2, -0.15) is 0 Å². The molecule has 1 N–H and O–H groups in total. The van der Waals surface area contributed by atoms with Gasteiger partial charge in [-0.3, -0.25) is 9.20 Å². The molecular weight excluding hydrogens is 586 g/mol. The second kappa shape index (κ2) is 10.9. The highest BCUT2D eigenvalue weighted by Crippen LogP contribution is 2.48. The van der Waals surface area contributed by atoms with Crippen LogP contribution in [0.25, 0.3) is 5.65 Å². The number of anilines is 2. The molecule has 4 aromatic rings. The van der Waals surface area contributed by atoms with E-state index >= 15 is 4.39 Å². The van der Waals surface area contributed by atoms with Gasteiger partial charge in [-0.05, 0) is 80.3 Å². The van der Waals surface area contributed by atoms with Crippen LogP contribution in [0.2, 0.25) is 5.02 Å². The summed E-state index contributed by atoms with van der Waals surface area (Å²) in [5.74, 6) is -0.971. The number of aryl methyl sites for hydroxylation is 1. The Morgan fingerprint density at radius 2 is 1.88 bits per heavy atom. The highest BCUT2D eigenvalue weighted by molar-refractivity contribution is 6.30. The van der Waals surface area contributed by atoms with Crippen molar-refractivity contribution in [3.8, 4) is 5.75 Å². The number of nitrogens with one attached hydrogen (secondary N) is 1. The molecule has 1 atom stereocenters. The van der Waals surface area contributed by atoms with Crippen molar-refractivity contribution in [1.82, 2.24) is 14.7 Å². The highest BCUT2D eigenvalue weighted by atomic mass is 35.5. The van der Waals surface area contributed by atoms with E-state index in [1.165, 1.54) is 18.2 Å². The van der Waals surface area contributed by atoms with E-state index in [0.29, 0.717) is 52.8 Å². The van der Waals surface area contributed by atoms with Gasteiger partial charge in [0.2, 0.25) is 0 Å². The van der Waals surface area contributed by atoms with E-state index in [4.69, 9.17) is 11.6 Å². The van der Waals surface area contributed by atoms with E-state index in [2.05, 4.69) is 24.8 Å². The predicted octanol–water partition coefficient (Wildman–Crippen LogP) is 6.77. The van der Waals surface area contributed by atoms with Crippen molar-refractivity contribution in [3.05, 3.63) is 88.6 Å². The number of imidazole rings is 1. The second-order valence-electron chi connectivity index (χ2n) is 11.2. The standard InChI is InChI=1S/C31H30ClF4N5O2/c1-3-25-28(39-17-21(32)5-11-27(39)38-25)29(42)37-15-20-4-10-26(24(33)14-20)40-18-30(12-13-30)41(16-19(40)2)22-6-8-23(9-7-22)43-31(34,35)36/h4-11,14,17,19H,3,12-13,15-16,18H2,1-2H3,(H,37,42)/t19-/m1/s1. The monoisotopic (exact) mass is 615 g/mol. The Hall–Kier alpha value is -3.99. The van der Waals surface area contributed by atoms with Gasteiger partial charge in [-0.25, -0.2) is 9.37 Å². The molecule has 226 valence electrons. The van der Waals surface area contributed by atoms with Crippen LogP contribution >= 0.6 is 11.6 Å². The van der Waals surface area contributed by atoms with E-state index in [-0.39, 0.29) is 35.6 Å². The summed E-state index contributed by atoms with van der Waals surface area (Å²) in [7, 11) is 0. The van der Waals surface area contributed by atoms with E-state index in [1.807, 2.05) is 19.9 Å². The number of amides is 1. The van der Waals surface area contributed by atoms with Gasteiger partial charge < -0.3 is 19.9 Å². The van der Waals surface area contributed by atoms with Gasteiger partial charge in [-0.15, -0.1) is 13.2 Å². The first-order valence-electron chi connectivity index (χ1n) is 14.1. The molecule has 1 amide bonds. The van der Waals surface area contributed by atoms with Crippen molar-refractivity contribution < 1.29 is 27.1 Å². The predicted molar refractivity (Wildman–Crippen MR) is 156 cm³/mol. The summed E-state index contributed by atoms with van der Waals surface area (Å²) in [6.45, 7) is 5.22. The third-order valence-electron chi connectivity index (χ3n) is 8.20. The number of alkyl halides is 3. The average molecular weight is 616 g/mol. The number of halogens is 5. The molecule has 0 unspecified atom stereocenters. The second-order valence-corrected chi connectivity index (χ2v) is 11.6. The summed E-state index contributed by atoms with van der Waals surface area (Å²) in [5.41, 5.74) is 3.36. The number of nitrogens with zero attached hydrogens (tertiary/aromatic N) is 4. The summed E-state index contributed by atoms with van der Waals surface area (Å²) >= 11 is 6.15. The van der Waals surface area contributed by atoms with Crippen LogP contribution in [-0.2, 0) is 13.0 Å². The molecule has 2 aromatic carbocycles. The minimum Gasteiger partial charge on any atom is -0.406 e. The highest BCUT2D eigenvalue weighted by Gasteiger charge is 2.53. The van der Waals surface area contributed by atoms with Crippen molar-refractivity contribution in [3.63, 3.8) is 0 Å². The molecule has 1 aliphatic heterocycles. The molecule has 1 saturated carbocycles. The zero-order valence-electron chi connectivity index (χ0n) is 23.6. The van der Waals surface area contributed by atoms with Crippen LogP contribution in [0.1, 0.15) is 48.4 Å². The molecule has 43 heavy (non-hydrogen) atoms. The van der Waals surface area contributed by atoms with Gasteiger partial charge >= 0.3 is 6.36 Å². The number of ether oxygens (including phenoxy) is 1. The zero-order chi connectivity index (χ0) is 30.5. The Balaban J connectivity index is 1.14. The van der Waals surface area contributed by atoms with Crippen LogP contribution in [-0.4, -0.2) is 46.3 Å². The van der Waals surface area contributed by atoms with Crippen LogP contribution in [0.5, 0.6) is 5.75 Å². The van der Waals surface area contributed by atoms with Crippen molar-refractivity contribution in [2.75, 3.05) is 22.9 Å². The quantitative estimate of drug-likeness (QED) is 0.233. The molecule has 2 fully saturated rings. The fourth-order valence-electron chi connectivity index (χ4n) is 5.93. The minimum absolute atomic E-state index is 0.0631. The van der Waals surface area contributed by atoms with Gasteiger partial charge in [0.15, 0.2) is 0 Å². The molecule has 3 heterocycles. The molecule has 2 aromatic heterocycles. The van der Waals surface area contributed by atoms with Crippen LogP contribution in [0.3, 0.4) is 0 Å². The Morgan fingerprint density at radius 1 is 1.14 bits per heavy atom. The summed E-state index contributed by atoms with van der Waals surface area (Å²) in [4.78, 5) is 21.9. The maximum Gasteiger partial charge on any atom is 0.573 e. The lowest BCUT2D eigenvalue weighted by Crippen LogP contribution is -2.59. The molecular formula is C31H30ClF4N5O2. The summed E-state index contributed by atoms with van der Waals surface area (Å²) in [5, 5.41) is 3.37. The lowest BCUT2D eigenvalue weighted by molar-refractivity contribution is -0.274. The first kappa shape index (κ1) is 29.1. The molecule has 0 radical (unpaired) electrons. The lowest BCUT2D eigenvalue weighted by Gasteiger charge is -2.48. The third kappa shape index (κ3) is 5.82. The fraction of sp³-hybridized carbons (Fsp3) is 0.355. The Bertz CT molecular complexity index is 1670. The van der Waals surface area contributed by atoms with Crippen molar-refractivity contribution in [1.29, 1.82) is 0 Å². The number of hydrogen-bond acceptors (Lipinski definition) is 5. The number of carbonyl (C=O) groups is 1. The zero-order valence-corrected chi connectivity index (χ0v) is 24.3. The number of pyridine rings is 1. The molecule has 1 aliphatic carbocycles. The van der Waals surface area contributed by atoms with Crippen LogP contribution in [0.15, 0.2) is 60.8 Å². The average Bonchev–Trinajstić information content (AvgIpc) is 3.63. The molecule has 2 aliphatic rings. The maximum absolute atomic E-state index is 15.5. The van der Waals surface area contributed by atoms with Gasteiger partial charge in [0.1, 0.15) is 22.9 Å². The van der Waals surface area contributed by atoms with Crippen LogP contribution < -0.4 is 19.9 Å². The van der Waals surface area contributed by atoms with E-state index in [0.717, 1.165) is 18.5 Å². The fourth-order valence-corrected chi connectivity index (χ4v) is 6.09. The molecule has 1 spiro atoms. The number of rotatable bonds is 7. The third-order valence-corrected chi connectivity index (χ3v) is 8.43.